The second-order valence-corrected chi connectivity index (χ2v) is 9.70. The second kappa shape index (κ2) is 9.72. The van der Waals surface area contributed by atoms with Crippen molar-refractivity contribution in [3.8, 4) is 6.07 Å². The number of halogens is 1. The Bertz CT molecular complexity index is 990. The van der Waals surface area contributed by atoms with E-state index in [4.69, 9.17) is 0 Å². The first kappa shape index (κ1) is 23.4. The Labute approximate surface area is 179 Å². The maximum Gasteiger partial charge on any atom is 0.213 e. The van der Waals surface area contributed by atoms with Gasteiger partial charge >= 0.3 is 0 Å². The molecule has 1 aliphatic rings. The number of pyridine rings is 1. The van der Waals surface area contributed by atoms with Gasteiger partial charge in [-0.05, 0) is 50.7 Å². The summed E-state index contributed by atoms with van der Waals surface area (Å²) < 4.78 is 27.8. The predicted molar refractivity (Wildman–Crippen MR) is 119 cm³/mol. The van der Waals surface area contributed by atoms with Crippen molar-refractivity contribution in [3.05, 3.63) is 36.0 Å². The maximum absolute atomic E-state index is 12.4. The van der Waals surface area contributed by atoms with E-state index in [9.17, 15) is 13.7 Å². The molecule has 0 aliphatic carbocycles. The van der Waals surface area contributed by atoms with Crippen LogP contribution in [0.5, 0.6) is 0 Å². The zero-order chi connectivity index (χ0) is 20.3. The standard InChI is InChI=1S/C20H27N5O2S.ClH/c1-15-11-17(23-28(26,27)10-9-24(2)3)14-25(13-15)19-7-6-16(12-21)20-18(19)5-4-8-22-20;/h4-8,15,17,23H,9-11,13-14H2,1-3H3;1H. The van der Waals surface area contributed by atoms with Crippen LogP contribution in [0.15, 0.2) is 30.5 Å². The van der Waals surface area contributed by atoms with E-state index >= 15 is 0 Å². The Hall–Kier alpha value is -1.92. The molecule has 29 heavy (non-hydrogen) atoms. The van der Waals surface area contributed by atoms with Crippen LogP contribution in [-0.2, 0) is 10.0 Å². The molecular weight excluding hydrogens is 410 g/mol. The van der Waals surface area contributed by atoms with Crippen LogP contribution in [0.1, 0.15) is 18.9 Å². The van der Waals surface area contributed by atoms with Gasteiger partial charge in [0, 0.05) is 42.9 Å². The van der Waals surface area contributed by atoms with E-state index < -0.39 is 10.0 Å². The molecule has 158 valence electrons. The van der Waals surface area contributed by atoms with Gasteiger partial charge in [-0.25, -0.2) is 13.1 Å². The van der Waals surface area contributed by atoms with E-state index in [-0.39, 0.29) is 24.2 Å². The molecule has 9 heteroatoms. The van der Waals surface area contributed by atoms with Crippen LogP contribution in [0.2, 0.25) is 0 Å². The maximum atomic E-state index is 12.4. The molecule has 1 aliphatic heterocycles. The Balaban J connectivity index is 0.00000300. The van der Waals surface area contributed by atoms with Gasteiger partial charge in [0.15, 0.2) is 0 Å². The normalized spacial score (nSPS) is 19.8. The van der Waals surface area contributed by atoms with E-state index in [1.165, 1.54) is 0 Å². The molecule has 1 aromatic heterocycles. The summed E-state index contributed by atoms with van der Waals surface area (Å²) in [5.74, 6) is 0.437. The number of hydrogen-bond acceptors (Lipinski definition) is 6. The molecular formula is C20H28ClN5O2S. The quantitative estimate of drug-likeness (QED) is 0.745. The van der Waals surface area contributed by atoms with Crippen LogP contribution in [-0.4, -0.2) is 63.8 Å². The third kappa shape index (κ3) is 5.80. The molecule has 0 spiro atoms. The largest absolute Gasteiger partial charge is 0.369 e. The van der Waals surface area contributed by atoms with E-state index in [2.05, 4.69) is 27.6 Å². The average molecular weight is 438 g/mol. The highest BCUT2D eigenvalue weighted by molar-refractivity contribution is 7.89. The summed E-state index contributed by atoms with van der Waals surface area (Å²) in [4.78, 5) is 8.45. The van der Waals surface area contributed by atoms with Gasteiger partial charge in [0.25, 0.3) is 0 Å². The van der Waals surface area contributed by atoms with E-state index in [0.29, 0.717) is 30.1 Å². The van der Waals surface area contributed by atoms with Crippen molar-refractivity contribution >= 4 is 39.0 Å². The summed E-state index contributed by atoms with van der Waals surface area (Å²) in [6, 6.07) is 9.62. The summed E-state index contributed by atoms with van der Waals surface area (Å²) in [6.07, 6.45) is 2.50. The van der Waals surface area contributed by atoms with Crippen molar-refractivity contribution < 1.29 is 8.42 Å². The fourth-order valence-electron chi connectivity index (χ4n) is 3.77. The highest BCUT2D eigenvalue weighted by Crippen LogP contribution is 2.31. The fraction of sp³-hybridized carbons (Fsp3) is 0.500. The zero-order valence-corrected chi connectivity index (χ0v) is 18.6. The monoisotopic (exact) mass is 437 g/mol. The first-order valence-corrected chi connectivity index (χ1v) is 11.1. The SMILES string of the molecule is CC1CC(NS(=O)(=O)CCN(C)C)CN(c2ccc(C#N)c3ncccc23)C1.Cl. The average Bonchev–Trinajstić information content (AvgIpc) is 2.64. The molecule has 7 nitrogen and oxygen atoms in total. The Kier molecular flexibility index (Phi) is 7.83. The van der Waals surface area contributed by atoms with Gasteiger partial charge in [0.1, 0.15) is 6.07 Å². The number of nitrogens with one attached hydrogen (secondary N) is 1. The molecule has 1 saturated heterocycles. The Morgan fingerprint density at radius 1 is 1.31 bits per heavy atom. The topological polar surface area (TPSA) is 89.3 Å². The van der Waals surface area contributed by atoms with Gasteiger partial charge in [-0.3, -0.25) is 4.98 Å². The molecule has 2 atom stereocenters. The minimum Gasteiger partial charge on any atom is -0.369 e. The molecule has 2 heterocycles. The second-order valence-electron chi connectivity index (χ2n) is 7.83. The van der Waals surface area contributed by atoms with Crippen LogP contribution < -0.4 is 9.62 Å². The summed E-state index contributed by atoms with van der Waals surface area (Å²) >= 11 is 0. The third-order valence-electron chi connectivity index (χ3n) is 5.02. The molecule has 1 aromatic carbocycles. The lowest BCUT2D eigenvalue weighted by atomic mass is 9.95. The number of nitriles is 1. The Morgan fingerprint density at radius 3 is 2.76 bits per heavy atom. The minimum atomic E-state index is -3.33. The number of benzene rings is 1. The van der Waals surface area contributed by atoms with Gasteiger partial charge in [0.2, 0.25) is 10.0 Å². The third-order valence-corrected chi connectivity index (χ3v) is 6.43. The number of sulfonamides is 1. The molecule has 2 unspecified atom stereocenters. The van der Waals surface area contributed by atoms with Crippen molar-refractivity contribution in [2.45, 2.75) is 19.4 Å². The van der Waals surface area contributed by atoms with Crippen LogP contribution in [0.3, 0.4) is 0 Å². The molecule has 0 saturated carbocycles. The summed E-state index contributed by atoms with van der Waals surface area (Å²) in [5, 5.41) is 10.3. The van der Waals surface area contributed by atoms with Crippen LogP contribution in [0.25, 0.3) is 10.9 Å². The van der Waals surface area contributed by atoms with E-state index in [1.54, 1.807) is 12.3 Å². The zero-order valence-electron chi connectivity index (χ0n) is 17.0. The van der Waals surface area contributed by atoms with Crippen molar-refractivity contribution in [1.82, 2.24) is 14.6 Å². The lowest BCUT2D eigenvalue weighted by molar-refractivity contribution is 0.379. The first-order valence-electron chi connectivity index (χ1n) is 9.46. The van der Waals surface area contributed by atoms with Gasteiger partial charge < -0.3 is 9.80 Å². The van der Waals surface area contributed by atoms with Crippen molar-refractivity contribution in [2.24, 2.45) is 5.92 Å². The van der Waals surface area contributed by atoms with Gasteiger partial charge in [-0.15, -0.1) is 12.4 Å². The molecule has 1 fully saturated rings. The van der Waals surface area contributed by atoms with Crippen LogP contribution >= 0.6 is 12.4 Å². The Morgan fingerprint density at radius 2 is 2.07 bits per heavy atom. The van der Waals surface area contributed by atoms with E-state index in [0.717, 1.165) is 24.0 Å². The van der Waals surface area contributed by atoms with Crippen molar-refractivity contribution in [1.29, 1.82) is 5.26 Å². The highest BCUT2D eigenvalue weighted by atomic mass is 35.5. The van der Waals surface area contributed by atoms with Crippen molar-refractivity contribution in [2.75, 3.05) is 44.4 Å². The number of fused-ring (bicyclic) bond motifs is 1. The molecule has 1 N–H and O–H groups in total. The lowest BCUT2D eigenvalue weighted by Crippen LogP contribution is -2.51. The predicted octanol–water partition coefficient (Wildman–Crippen LogP) is 2.22. The number of anilines is 1. The summed E-state index contributed by atoms with van der Waals surface area (Å²) in [7, 11) is 0.398. The highest BCUT2D eigenvalue weighted by Gasteiger charge is 2.29. The number of aromatic nitrogens is 1. The summed E-state index contributed by atoms with van der Waals surface area (Å²) in [6.45, 7) is 4.07. The van der Waals surface area contributed by atoms with E-state index in [1.807, 2.05) is 37.2 Å². The van der Waals surface area contributed by atoms with Gasteiger partial charge in [0.05, 0.1) is 16.8 Å². The number of hydrogen-bond donors (Lipinski definition) is 1. The molecule has 0 bridgehead atoms. The van der Waals surface area contributed by atoms with Gasteiger partial charge in [-0.2, -0.15) is 5.26 Å². The fourth-order valence-corrected chi connectivity index (χ4v) is 5.17. The molecule has 3 rings (SSSR count). The number of nitrogens with zero attached hydrogens (tertiary/aromatic N) is 4. The number of piperidine rings is 1. The first-order chi connectivity index (χ1) is 13.3. The van der Waals surface area contributed by atoms with Crippen LogP contribution in [0.4, 0.5) is 5.69 Å². The van der Waals surface area contributed by atoms with Crippen molar-refractivity contribution in [3.63, 3.8) is 0 Å². The molecule has 0 radical (unpaired) electrons. The molecule has 2 aromatic rings. The van der Waals surface area contributed by atoms with Crippen LogP contribution in [0, 0.1) is 17.2 Å². The number of rotatable bonds is 6. The minimum absolute atomic E-state index is 0. The van der Waals surface area contributed by atoms with Gasteiger partial charge in [-0.1, -0.05) is 6.92 Å². The molecule has 0 amide bonds. The smallest absolute Gasteiger partial charge is 0.213 e. The lowest BCUT2D eigenvalue weighted by Gasteiger charge is -2.38. The summed E-state index contributed by atoms with van der Waals surface area (Å²) in [5.41, 5.74) is 2.22.